The predicted molar refractivity (Wildman–Crippen MR) is 86.0 cm³/mol. The molecule has 0 N–H and O–H groups in total. The molecule has 1 aromatic rings. The molecule has 124 valence electrons. The number of aromatic nitrogens is 1. The normalized spacial score (nSPS) is 15.0. The summed E-state index contributed by atoms with van der Waals surface area (Å²) >= 11 is 0. The Balaban J connectivity index is 2.14. The second-order valence-corrected chi connectivity index (χ2v) is 6.32. The zero-order valence-electron chi connectivity index (χ0n) is 14.0. The summed E-state index contributed by atoms with van der Waals surface area (Å²) in [5.41, 5.74) is 1.74. The summed E-state index contributed by atoms with van der Waals surface area (Å²) in [6.07, 6.45) is 5.41. The molecule has 2 rings (SSSR count). The van der Waals surface area contributed by atoms with Gasteiger partial charge in [-0.3, -0.25) is 4.98 Å². The van der Waals surface area contributed by atoms with Crippen molar-refractivity contribution in [3.05, 3.63) is 35.7 Å². The molecular weight excluding hydrogens is 296 g/mol. The molecule has 0 saturated heterocycles. The standard InChI is InChI=1S/C17H22N2O4/c1-17(2,3)23-16(21)19-9-6-12(7-10-19)13-5-8-18-11-14(13)15(20)22-4/h5-6,8,11H,7,9-10H2,1-4H3. The van der Waals surface area contributed by atoms with E-state index in [0.717, 1.165) is 11.1 Å². The minimum absolute atomic E-state index is 0.323. The third-order valence-corrected chi connectivity index (χ3v) is 3.43. The highest BCUT2D eigenvalue weighted by Gasteiger charge is 2.25. The summed E-state index contributed by atoms with van der Waals surface area (Å²) in [6.45, 7) is 6.53. The first-order valence-corrected chi connectivity index (χ1v) is 7.51. The lowest BCUT2D eigenvalue weighted by molar-refractivity contribution is 0.0270. The number of hydrogen-bond donors (Lipinski definition) is 0. The average molecular weight is 318 g/mol. The molecule has 0 saturated carbocycles. The van der Waals surface area contributed by atoms with Crippen molar-refractivity contribution in [2.24, 2.45) is 0 Å². The van der Waals surface area contributed by atoms with Crippen molar-refractivity contribution < 1.29 is 19.1 Å². The van der Waals surface area contributed by atoms with E-state index in [0.29, 0.717) is 25.1 Å². The first-order valence-electron chi connectivity index (χ1n) is 7.51. The number of carbonyl (C=O) groups is 2. The highest BCUT2D eigenvalue weighted by atomic mass is 16.6. The van der Waals surface area contributed by atoms with Crippen LogP contribution in [0.4, 0.5) is 4.79 Å². The Morgan fingerprint density at radius 3 is 2.61 bits per heavy atom. The summed E-state index contributed by atoms with van der Waals surface area (Å²) in [7, 11) is 1.35. The summed E-state index contributed by atoms with van der Waals surface area (Å²) in [5.74, 6) is -0.413. The lowest BCUT2D eigenvalue weighted by atomic mass is 9.96. The Kier molecular flexibility index (Phi) is 5.03. The Labute approximate surface area is 136 Å². The van der Waals surface area contributed by atoms with Crippen molar-refractivity contribution >= 4 is 17.6 Å². The second kappa shape index (κ2) is 6.81. The van der Waals surface area contributed by atoms with Crippen LogP contribution in [0.2, 0.25) is 0 Å². The minimum Gasteiger partial charge on any atom is -0.465 e. The summed E-state index contributed by atoms with van der Waals surface area (Å²) in [6, 6.07) is 1.79. The van der Waals surface area contributed by atoms with E-state index in [9.17, 15) is 9.59 Å². The van der Waals surface area contributed by atoms with E-state index < -0.39 is 11.6 Å². The maximum Gasteiger partial charge on any atom is 0.410 e. The average Bonchev–Trinajstić information content (AvgIpc) is 2.52. The maximum absolute atomic E-state index is 12.1. The largest absolute Gasteiger partial charge is 0.465 e. The quantitative estimate of drug-likeness (QED) is 0.784. The van der Waals surface area contributed by atoms with E-state index in [1.807, 2.05) is 26.8 Å². The molecule has 6 heteroatoms. The number of carbonyl (C=O) groups excluding carboxylic acids is 2. The number of pyridine rings is 1. The van der Waals surface area contributed by atoms with E-state index in [4.69, 9.17) is 9.47 Å². The zero-order chi connectivity index (χ0) is 17.0. The van der Waals surface area contributed by atoms with Crippen molar-refractivity contribution in [3.63, 3.8) is 0 Å². The van der Waals surface area contributed by atoms with Gasteiger partial charge in [0, 0.05) is 25.5 Å². The number of hydrogen-bond acceptors (Lipinski definition) is 5. The van der Waals surface area contributed by atoms with Gasteiger partial charge in [0.15, 0.2) is 0 Å². The van der Waals surface area contributed by atoms with E-state index in [1.165, 1.54) is 13.3 Å². The van der Waals surface area contributed by atoms with Gasteiger partial charge in [-0.2, -0.15) is 0 Å². The molecular formula is C17H22N2O4. The van der Waals surface area contributed by atoms with Gasteiger partial charge in [0.1, 0.15) is 5.60 Å². The van der Waals surface area contributed by atoms with Crippen LogP contribution in [0.3, 0.4) is 0 Å². The zero-order valence-corrected chi connectivity index (χ0v) is 14.0. The second-order valence-electron chi connectivity index (χ2n) is 6.32. The van der Waals surface area contributed by atoms with Crippen LogP contribution in [0.25, 0.3) is 5.57 Å². The van der Waals surface area contributed by atoms with Gasteiger partial charge in [0.2, 0.25) is 0 Å². The maximum atomic E-state index is 12.1. The van der Waals surface area contributed by atoms with Crippen molar-refractivity contribution in [2.75, 3.05) is 20.2 Å². The molecule has 2 heterocycles. The molecule has 0 fully saturated rings. The lowest BCUT2D eigenvalue weighted by Crippen LogP contribution is -2.39. The molecule has 0 spiro atoms. The molecule has 23 heavy (non-hydrogen) atoms. The summed E-state index contributed by atoms with van der Waals surface area (Å²) in [5, 5.41) is 0. The van der Waals surface area contributed by atoms with Crippen LogP contribution in [0.5, 0.6) is 0 Å². The fraction of sp³-hybridized carbons (Fsp3) is 0.471. The van der Waals surface area contributed by atoms with Gasteiger partial charge in [-0.25, -0.2) is 9.59 Å². The highest BCUT2D eigenvalue weighted by molar-refractivity contribution is 5.95. The number of amides is 1. The van der Waals surface area contributed by atoms with Crippen LogP contribution in [0.15, 0.2) is 24.5 Å². The van der Waals surface area contributed by atoms with E-state index >= 15 is 0 Å². The SMILES string of the molecule is COC(=O)c1cnccc1C1=CCN(C(=O)OC(C)(C)C)CC1. The molecule has 0 atom stereocenters. The predicted octanol–water partition coefficient (Wildman–Crippen LogP) is 2.89. The fourth-order valence-electron chi connectivity index (χ4n) is 2.35. The van der Waals surface area contributed by atoms with Gasteiger partial charge < -0.3 is 14.4 Å². The molecule has 1 amide bonds. The summed E-state index contributed by atoms with van der Waals surface area (Å²) < 4.78 is 10.2. The van der Waals surface area contributed by atoms with Crippen molar-refractivity contribution in [2.45, 2.75) is 32.8 Å². The van der Waals surface area contributed by atoms with Crippen LogP contribution in [-0.2, 0) is 9.47 Å². The van der Waals surface area contributed by atoms with Crippen LogP contribution in [-0.4, -0.2) is 47.7 Å². The van der Waals surface area contributed by atoms with Crippen LogP contribution < -0.4 is 0 Å². The number of methoxy groups -OCH3 is 1. The molecule has 0 unspecified atom stereocenters. The Hall–Kier alpha value is -2.37. The third kappa shape index (κ3) is 4.31. The summed E-state index contributed by atoms with van der Waals surface area (Å²) in [4.78, 5) is 29.5. The number of nitrogens with zero attached hydrogens (tertiary/aromatic N) is 2. The van der Waals surface area contributed by atoms with Crippen molar-refractivity contribution in [1.29, 1.82) is 0 Å². The number of rotatable bonds is 2. The lowest BCUT2D eigenvalue weighted by Gasteiger charge is -2.29. The Morgan fingerprint density at radius 1 is 1.30 bits per heavy atom. The first-order chi connectivity index (χ1) is 10.8. The number of ether oxygens (including phenoxy) is 2. The van der Waals surface area contributed by atoms with E-state index in [1.54, 1.807) is 17.2 Å². The molecule has 1 aliphatic rings. The van der Waals surface area contributed by atoms with E-state index in [2.05, 4.69) is 4.98 Å². The minimum atomic E-state index is -0.510. The molecule has 0 radical (unpaired) electrons. The van der Waals surface area contributed by atoms with E-state index in [-0.39, 0.29) is 6.09 Å². The van der Waals surface area contributed by atoms with Gasteiger partial charge in [0.05, 0.1) is 12.7 Å². The third-order valence-electron chi connectivity index (χ3n) is 3.43. The molecule has 0 bridgehead atoms. The Morgan fingerprint density at radius 2 is 2.04 bits per heavy atom. The van der Waals surface area contributed by atoms with Gasteiger partial charge >= 0.3 is 12.1 Å². The first kappa shape index (κ1) is 17.0. The smallest absolute Gasteiger partial charge is 0.410 e. The molecule has 0 aliphatic carbocycles. The fourth-order valence-corrected chi connectivity index (χ4v) is 2.35. The number of esters is 1. The van der Waals surface area contributed by atoms with Crippen LogP contribution in [0, 0.1) is 0 Å². The van der Waals surface area contributed by atoms with Crippen molar-refractivity contribution in [3.8, 4) is 0 Å². The van der Waals surface area contributed by atoms with Crippen molar-refractivity contribution in [1.82, 2.24) is 9.88 Å². The monoisotopic (exact) mass is 318 g/mol. The van der Waals surface area contributed by atoms with Gasteiger partial charge in [0.25, 0.3) is 0 Å². The molecule has 1 aliphatic heterocycles. The van der Waals surface area contributed by atoms with Crippen LogP contribution in [0.1, 0.15) is 43.1 Å². The highest BCUT2D eigenvalue weighted by Crippen LogP contribution is 2.26. The van der Waals surface area contributed by atoms with Gasteiger partial charge in [-0.05, 0) is 44.4 Å². The van der Waals surface area contributed by atoms with Crippen LogP contribution >= 0.6 is 0 Å². The topological polar surface area (TPSA) is 68.7 Å². The molecule has 1 aromatic heterocycles. The van der Waals surface area contributed by atoms with Gasteiger partial charge in [-0.15, -0.1) is 0 Å². The molecule has 6 nitrogen and oxygen atoms in total. The molecule has 0 aromatic carbocycles. The van der Waals surface area contributed by atoms with Gasteiger partial charge in [-0.1, -0.05) is 6.08 Å². The Bertz CT molecular complexity index is 632.